The molecule has 0 aromatic heterocycles. The van der Waals surface area contributed by atoms with Crippen LogP contribution in [0.5, 0.6) is 0 Å². The second-order valence-electron chi connectivity index (χ2n) is 4.36. The third-order valence-electron chi connectivity index (χ3n) is 3.37. The number of piperidine rings is 1. The molecule has 1 aliphatic heterocycles. The van der Waals surface area contributed by atoms with Gasteiger partial charge in [-0.05, 0) is 37.2 Å². The summed E-state index contributed by atoms with van der Waals surface area (Å²) in [4.78, 5) is 2.18. The van der Waals surface area contributed by atoms with Crippen LogP contribution in [0.1, 0.15) is 24.8 Å². The highest BCUT2D eigenvalue weighted by Gasteiger charge is 2.29. The van der Waals surface area contributed by atoms with Crippen molar-refractivity contribution in [2.75, 3.05) is 19.6 Å². The van der Waals surface area contributed by atoms with Crippen molar-refractivity contribution in [1.29, 1.82) is 0 Å². The van der Waals surface area contributed by atoms with Crippen LogP contribution in [0.4, 0.5) is 4.39 Å². The summed E-state index contributed by atoms with van der Waals surface area (Å²) in [6.07, 6.45) is 0.200. The third kappa shape index (κ3) is 2.64. The normalized spacial score (nSPS) is 26.9. The summed E-state index contributed by atoms with van der Waals surface area (Å²) < 4.78 is 15.1. The summed E-state index contributed by atoms with van der Waals surface area (Å²) in [6, 6.07) is 8.05. The summed E-state index contributed by atoms with van der Waals surface area (Å²) in [5.74, 6) is 0.0795. The number of benzene rings is 1. The molecule has 88 valence electrons. The SMILES string of the molecule is CCN1CC[C@@H](c2ccc(Br)cc2)[C@H](F)C1. The van der Waals surface area contributed by atoms with Gasteiger partial charge in [0, 0.05) is 16.9 Å². The van der Waals surface area contributed by atoms with E-state index in [-0.39, 0.29) is 5.92 Å². The van der Waals surface area contributed by atoms with E-state index in [0.29, 0.717) is 6.54 Å². The minimum absolute atomic E-state index is 0.0795. The fourth-order valence-corrected chi connectivity index (χ4v) is 2.60. The molecule has 2 rings (SSSR count). The Kier molecular flexibility index (Phi) is 3.98. The summed E-state index contributed by atoms with van der Waals surface area (Å²) >= 11 is 3.40. The van der Waals surface area contributed by atoms with Crippen molar-refractivity contribution < 1.29 is 4.39 Å². The molecule has 0 amide bonds. The minimum atomic E-state index is -0.727. The Morgan fingerprint density at radius 1 is 1.38 bits per heavy atom. The molecule has 0 unspecified atom stereocenters. The van der Waals surface area contributed by atoms with E-state index in [4.69, 9.17) is 0 Å². The van der Waals surface area contributed by atoms with Crippen LogP contribution in [-0.2, 0) is 0 Å². The monoisotopic (exact) mass is 285 g/mol. The van der Waals surface area contributed by atoms with Crippen LogP contribution in [-0.4, -0.2) is 30.7 Å². The summed E-state index contributed by atoms with van der Waals surface area (Å²) in [5, 5.41) is 0. The Bertz CT molecular complexity index is 338. The Hall–Kier alpha value is -0.410. The quantitative estimate of drug-likeness (QED) is 0.803. The summed E-state index contributed by atoms with van der Waals surface area (Å²) in [5.41, 5.74) is 1.13. The lowest BCUT2D eigenvalue weighted by atomic mass is 9.88. The molecule has 0 aliphatic carbocycles. The first-order valence-electron chi connectivity index (χ1n) is 5.82. The van der Waals surface area contributed by atoms with Crippen molar-refractivity contribution in [3.63, 3.8) is 0 Å². The molecule has 1 saturated heterocycles. The number of hydrogen-bond donors (Lipinski definition) is 0. The molecular weight excluding hydrogens is 269 g/mol. The van der Waals surface area contributed by atoms with Gasteiger partial charge in [-0.3, -0.25) is 0 Å². The molecule has 0 N–H and O–H groups in total. The van der Waals surface area contributed by atoms with Crippen LogP contribution >= 0.6 is 15.9 Å². The molecule has 1 fully saturated rings. The van der Waals surface area contributed by atoms with E-state index in [1.807, 2.05) is 24.3 Å². The van der Waals surface area contributed by atoms with Gasteiger partial charge in [0.25, 0.3) is 0 Å². The van der Waals surface area contributed by atoms with E-state index in [9.17, 15) is 4.39 Å². The standard InChI is InChI=1S/C13H17BrFN/c1-2-16-8-7-12(13(15)9-16)10-3-5-11(14)6-4-10/h3-6,12-13H,2,7-9H2,1H3/t12-,13+/m0/s1. The molecule has 0 radical (unpaired) electrons. The van der Waals surface area contributed by atoms with Gasteiger partial charge in [-0.2, -0.15) is 0 Å². The lowest BCUT2D eigenvalue weighted by Gasteiger charge is -2.34. The van der Waals surface area contributed by atoms with Gasteiger partial charge < -0.3 is 4.90 Å². The van der Waals surface area contributed by atoms with E-state index in [1.54, 1.807) is 0 Å². The number of nitrogens with zero attached hydrogens (tertiary/aromatic N) is 1. The van der Waals surface area contributed by atoms with Crippen LogP contribution in [0.2, 0.25) is 0 Å². The first-order valence-corrected chi connectivity index (χ1v) is 6.62. The smallest absolute Gasteiger partial charge is 0.120 e. The Balaban J connectivity index is 2.08. The average Bonchev–Trinajstić information content (AvgIpc) is 2.30. The van der Waals surface area contributed by atoms with Crippen LogP contribution in [0, 0.1) is 0 Å². The number of hydrogen-bond acceptors (Lipinski definition) is 1. The van der Waals surface area contributed by atoms with E-state index in [2.05, 4.69) is 27.8 Å². The topological polar surface area (TPSA) is 3.24 Å². The molecule has 16 heavy (non-hydrogen) atoms. The Morgan fingerprint density at radius 3 is 2.62 bits per heavy atom. The van der Waals surface area contributed by atoms with Crippen molar-refractivity contribution in [2.45, 2.75) is 25.4 Å². The molecule has 1 heterocycles. The molecule has 2 atom stereocenters. The maximum atomic E-state index is 14.0. The molecule has 1 aromatic carbocycles. The maximum absolute atomic E-state index is 14.0. The highest BCUT2D eigenvalue weighted by atomic mass is 79.9. The van der Waals surface area contributed by atoms with Gasteiger partial charge in [0.2, 0.25) is 0 Å². The zero-order chi connectivity index (χ0) is 11.5. The molecule has 3 heteroatoms. The van der Waals surface area contributed by atoms with Crippen molar-refractivity contribution in [3.05, 3.63) is 34.3 Å². The van der Waals surface area contributed by atoms with Gasteiger partial charge in [0.1, 0.15) is 6.17 Å². The first-order chi connectivity index (χ1) is 7.70. The lowest BCUT2D eigenvalue weighted by Crippen LogP contribution is -2.40. The number of alkyl halides is 1. The average molecular weight is 286 g/mol. The largest absolute Gasteiger partial charge is 0.301 e. The third-order valence-corrected chi connectivity index (χ3v) is 3.90. The fraction of sp³-hybridized carbons (Fsp3) is 0.538. The number of rotatable bonds is 2. The first kappa shape index (κ1) is 12.1. The van der Waals surface area contributed by atoms with Crippen LogP contribution in [0.25, 0.3) is 0 Å². The summed E-state index contributed by atoms with van der Waals surface area (Å²) in [7, 11) is 0. The van der Waals surface area contributed by atoms with Gasteiger partial charge in [-0.25, -0.2) is 4.39 Å². The minimum Gasteiger partial charge on any atom is -0.301 e. The van der Waals surface area contributed by atoms with Gasteiger partial charge in [0.15, 0.2) is 0 Å². The van der Waals surface area contributed by atoms with Crippen molar-refractivity contribution >= 4 is 15.9 Å². The molecule has 0 saturated carbocycles. The number of likely N-dealkylation sites (tertiary alicyclic amines) is 1. The Labute approximate surface area is 105 Å². The second-order valence-corrected chi connectivity index (χ2v) is 5.27. The fourth-order valence-electron chi connectivity index (χ4n) is 2.34. The van der Waals surface area contributed by atoms with E-state index in [1.165, 1.54) is 0 Å². The van der Waals surface area contributed by atoms with Crippen molar-refractivity contribution in [1.82, 2.24) is 4.90 Å². The molecule has 0 spiro atoms. The van der Waals surface area contributed by atoms with Crippen molar-refractivity contribution in [2.24, 2.45) is 0 Å². The van der Waals surface area contributed by atoms with E-state index < -0.39 is 6.17 Å². The van der Waals surface area contributed by atoms with Gasteiger partial charge in [-0.1, -0.05) is 35.0 Å². The second kappa shape index (κ2) is 5.28. The highest BCUT2D eigenvalue weighted by Crippen LogP contribution is 2.31. The lowest BCUT2D eigenvalue weighted by molar-refractivity contribution is 0.122. The number of halogens is 2. The summed E-state index contributed by atoms with van der Waals surface area (Å²) in [6.45, 7) is 4.63. The molecular formula is C13H17BrFN. The van der Waals surface area contributed by atoms with E-state index in [0.717, 1.165) is 29.5 Å². The molecule has 0 bridgehead atoms. The van der Waals surface area contributed by atoms with Gasteiger partial charge >= 0.3 is 0 Å². The van der Waals surface area contributed by atoms with E-state index >= 15 is 0 Å². The predicted octanol–water partition coefficient (Wildman–Crippen LogP) is 3.60. The predicted molar refractivity (Wildman–Crippen MR) is 68.5 cm³/mol. The zero-order valence-corrected chi connectivity index (χ0v) is 11.1. The van der Waals surface area contributed by atoms with Crippen LogP contribution in [0.15, 0.2) is 28.7 Å². The maximum Gasteiger partial charge on any atom is 0.120 e. The highest BCUT2D eigenvalue weighted by molar-refractivity contribution is 9.10. The van der Waals surface area contributed by atoms with Gasteiger partial charge in [-0.15, -0.1) is 0 Å². The molecule has 1 aromatic rings. The van der Waals surface area contributed by atoms with Crippen LogP contribution < -0.4 is 0 Å². The molecule has 1 aliphatic rings. The molecule has 1 nitrogen and oxygen atoms in total. The van der Waals surface area contributed by atoms with Crippen LogP contribution in [0.3, 0.4) is 0 Å². The van der Waals surface area contributed by atoms with Crippen molar-refractivity contribution in [3.8, 4) is 0 Å². The van der Waals surface area contributed by atoms with Gasteiger partial charge in [0.05, 0.1) is 0 Å². The Morgan fingerprint density at radius 2 is 2.06 bits per heavy atom. The zero-order valence-electron chi connectivity index (χ0n) is 9.50.